The summed E-state index contributed by atoms with van der Waals surface area (Å²) in [6.45, 7) is 2.70. The van der Waals surface area contributed by atoms with Crippen LogP contribution in [0.2, 0.25) is 0 Å². The van der Waals surface area contributed by atoms with Crippen LogP contribution in [-0.2, 0) is 16.1 Å². The van der Waals surface area contributed by atoms with E-state index in [1.807, 2.05) is 36.6 Å². The van der Waals surface area contributed by atoms with Gasteiger partial charge >= 0.3 is 0 Å². The normalized spacial score (nSPS) is 10.3. The Morgan fingerprint density at radius 3 is 2.90 bits per heavy atom. The minimum absolute atomic E-state index is 0.0516. The fourth-order valence-electron chi connectivity index (χ4n) is 1.70. The van der Waals surface area contributed by atoms with E-state index in [1.54, 1.807) is 11.3 Å². The van der Waals surface area contributed by atoms with Gasteiger partial charge in [-0.05, 0) is 25.1 Å². The molecule has 0 saturated heterocycles. The zero-order chi connectivity index (χ0) is 14.4. The lowest BCUT2D eigenvalue weighted by Crippen LogP contribution is -2.17. The van der Waals surface area contributed by atoms with Crippen molar-refractivity contribution in [2.45, 2.75) is 13.5 Å². The van der Waals surface area contributed by atoms with Crippen molar-refractivity contribution in [3.63, 3.8) is 0 Å². The van der Waals surface area contributed by atoms with E-state index in [2.05, 4.69) is 15.6 Å². The van der Waals surface area contributed by atoms with Crippen LogP contribution in [0.25, 0.3) is 0 Å². The second kappa shape index (κ2) is 7.02. The number of aromatic nitrogens is 1. The number of anilines is 2. The average molecular weight is 291 g/mol. The lowest BCUT2D eigenvalue weighted by molar-refractivity contribution is -0.119. The molecule has 6 heteroatoms. The Bertz CT molecular complexity index is 583. The SMILES string of the molecule is COCC(=O)Nc1cccc(NCc2nc(C)cs2)c1. The molecule has 0 fully saturated rings. The number of ether oxygens (including phenoxy) is 1. The molecule has 0 aliphatic heterocycles. The van der Waals surface area contributed by atoms with Gasteiger partial charge in [-0.25, -0.2) is 4.98 Å². The first kappa shape index (κ1) is 14.5. The van der Waals surface area contributed by atoms with Crippen molar-refractivity contribution < 1.29 is 9.53 Å². The quantitative estimate of drug-likeness (QED) is 0.859. The maximum atomic E-state index is 11.4. The summed E-state index contributed by atoms with van der Waals surface area (Å²) in [6.07, 6.45) is 0. The molecule has 0 aliphatic rings. The van der Waals surface area contributed by atoms with E-state index in [-0.39, 0.29) is 12.5 Å². The van der Waals surface area contributed by atoms with Crippen LogP contribution in [0.4, 0.5) is 11.4 Å². The smallest absolute Gasteiger partial charge is 0.250 e. The lowest BCUT2D eigenvalue weighted by Gasteiger charge is -2.08. The first-order chi connectivity index (χ1) is 9.67. The van der Waals surface area contributed by atoms with Crippen LogP contribution in [0.5, 0.6) is 0 Å². The van der Waals surface area contributed by atoms with Crippen LogP contribution in [0.3, 0.4) is 0 Å². The predicted octanol–water partition coefficient (Wildman–Crippen LogP) is 2.65. The molecule has 1 aromatic carbocycles. The first-order valence-corrected chi connectivity index (χ1v) is 7.09. The molecule has 1 amide bonds. The summed E-state index contributed by atoms with van der Waals surface area (Å²) in [4.78, 5) is 15.8. The molecular formula is C14H17N3O2S. The van der Waals surface area contributed by atoms with Gasteiger partial charge in [-0.2, -0.15) is 0 Å². The van der Waals surface area contributed by atoms with E-state index in [0.29, 0.717) is 6.54 Å². The van der Waals surface area contributed by atoms with Crippen LogP contribution in [0, 0.1) is 6.92 Å². The summed E-state index contributed by atoms with van der Waals surface area (Å²) in [6, 6.07) is 7.56. The minimum Gasteiger partial charge on any atom is -0.378 e. The largest absolute Gasteiger partial charge is 0.378 e. The molecule has 0 bridgehead atoms. The highest BCUT2D eigenvalue weighted by Crippen LogP contribution is 2.17. The molecule has 1 heterocycles. The number of amides is 1. The number of methoxy groups -OCH3 is 1. The number of rotatable bonds is 6. The molecule has 5 nitrogen and oxygen atoms in total. The van der Waals surface area contributed by atoms with Crippen molar-refractivity contribution in [3.8, 4) is 0 Å². The number of thiazole rings is 1. The molecule has 106 valence electrons. The molecule has 0 saturated carbocycles. The van der Waals surface area contributed by atoms with Crippen LogP contribution in [0.1, 0.15) is 10.7 Å². The summed E-state index contributed by atoms with van der Waals surface area (Å²) in [7, 11) is 1.49. The second-order valence-electron chi connectivity index (χ2n) is 4.30. The number of carbonyl (C=O) groups excluding carboxylic acids is 1. The Labute approximate surface area is 122 Å². The molecule has 0 unspecified atom stereocenters. The van der Waals surface area contributed by atoms with Crippen molar-refractivity contribution in [1.82, 2.24) is 4.98 Å². The third kappa shape index (κ3) is 4.32. The number of nitrogens with zero attached hydrogens (tertiary/aromatic N) is 1. The summed E-state index contributed by atoms with van der Waals surface area (Å²) >= 11 is 1.63. The van der Waals surface area contributed by atoms with E-state index in [0.717, 1.165) is 22.1 Å². The van der Waals surface area contributed by atoms with Gasteiger partial charge in [0.25, 0.3) is 0 Å². The van der Waals surface area contributed by atoms with E-state index in [1.165, 1.54) is 7.11 Å². The highest BCUT2D eigenvalue weighted by molar-refractivity contribution is 7.09. The molecule has 2 N–H and O–H groups in total. The third-order valence-corrected chi connectivity index (χ3v) is 3.50. The Balaban J connectivity index is 1.93. The third-order valence-electron chi connectivity index (χ3n) is 2.53. The molecule has 2 aromatic rings. The molecule has 1 aromatic heterocycles. The fourth-order valence-corrected chi connectivity index (χ4v) is 2.41. The van der Waals surface area contributed by atoms with E-state index < -0.39 is 0 Å². The Hall–Kier alpha value is -1.92. The van der Waals surface area contributed by atoms with Gasteiger partial charge in [0.1, 0.15) is 11.6 Å². The van der Waals surface area contributed by atoms with Gasteiger partial charge in [-0.1, -0.05) is 6.07 Å². The molecule has 0 atom stereocenters. The second-order valence-corrected chi connectivity index (χ2v) is 5.24. The minimum atomic E-state index is -0.166. The van der Waals surface area contributed by atoms with E-state index in [4.69, 9.17) is 4.74 Å². The zero-order valence-corrected chi connectivity index (χ0v) is 12.3. The molecule has 0 aliphatic carbocycles. The molecule has 0 spiro atoms. The monoisotopic (exact) mass is 291 g/mol. The maximum Gasteiger partial charge on any atom is 0.250 e. The van der Waals surface area contributed by atoms with Gasteiger partial charge in [0.15, 0.2) is 0 Å². The van der Waals surface area contributed by atoms with E-state index in [9.17, 15) is 4.79 Å². The fraction of sp³-hybridized carbons (Fsp3) is 0.286. The molecule has 2 rings (SSSR count). The van der Waals surface area contributed by atoms with Crippen molar-refractivity contribution in [3.05, 3.63) is 40.3 Å². The Kier molecular flexibility index (Phi) is 5.09. The van der Waals surface area contributed by atoms with Gasteiger partial charge in [0.05, 0.1) is 6.54 Å². The number of carbonyl (C=O) groups is 1. The van der Waals surface area contributed by atoms with Crippen LogP contribution in [0.15, 0.2) is 29.6 Å². The van der Waals surface area contributed by atoms with Gasteiger partial charge in [0.2, 0.25) is 5.91 Å². The topological polar surface area (TPSA) is 63.2 Å². The number of hydrogen-bond acceptors (Lipinski definition) is 5. The molecule has 0 radical (unpaired) electrons. The first-order valence-electron chi connectivity index (χ1n) is 6.21. The van der Waals surface area contributed by atoms with Crippen LogP contribution in [-0.4, -0.2) is 24.6 Å². The lowest BCUT2D eigenvalue weighted by atomic mass is 10.2. The maximum absolute atomic E-state index is 11.4. The van der Waals surface area contributed by atoms with Crippen molar-refractivity contribution in [2.75, 3.05) is 24.4 Å². The van der Waals surface area contributed by atoms with Crippen molar-refractivity contribution >= 4 is 28.6 Å². The Morgan fingerprint density at radius 1 is 1.40 bits per heavy atom. The summed E-state index contributed by atoms with van der Waals surface area (Å²) in [5.41, 5.74) is 2.72. The van der Waals surface area contributed by atoms with Crippen molar-refractivity contribution in [1.29, 1.82) is 0 Å². The van der Waals surface area contributed by atoms with Gasteiger partial charge in [-0.15, -0.1) is 11.3 Å². The molecular weight excluding hydrogens is 274 g/mol. The van der Waals surface area contributed by atoms with Crippen LogP contribution >= 0.6 is 11.3 Å². The Morgan fingerprint density at radius 2 is 2.20 bits per heavy atom. The van der Waals surface area contributed by atoms with Gasteiger partial charge in [-0.3, -0.25) is 4.79 Å². The highest BCUT2D eigenvalue weighted by Gasteiger charge is 2.03. The van der Waals surface area contributed by atoms with Gasteiger partial charge < -0.3 is 15.4 Å². The average Bonchev–Trinajstić information content (AvgIpc) is 2.83. The number of aryl methyl sites for hydroxylation is 1. The summed E-state index contributed by atoms with van der Waals surface area (Å²) < 4.78 is 4.78. The zero-order valence-electron chi connectivity index (χ0n) is 11.5. The summed E-state index contributed by atoms with van der Waals surface area (Å²) in [5.74, 6) is -0.166. The standard InChI is InChI=1S/C14H17N3O2S/c1-10-9-20-14(16-10)7-15-11-4-3-5-12(6-11)17-13(18)8-19-2/h3-6,9,15H,7-8H2,1-2H3,(H,17,18). The van der Waals surface area contributed by atoms with Crippen LogP contribution < -0.4 is 10.6 Å². The highest BCUT2D eigenvalue weighted by atomic mass is 32.1. The number of hydrogen-bond donors (Lipinski definition) is 2. The van der Waals surface area contributed by atoms with Crippen molar-refractivity contribution in [2.24, 2.45) is 0 Å². The molecule has 20 heavy (non-hydrogen) atoms. The van der Waals surface area contributed by atoms with E-state index >= 15 is 0 Å². The predicted molar refractivity (Wildman–Crippen MR) is 81.1 cm³/mol. The number of nitrogens with one attached hydrogen (secondary N) is 2. The van der Waals surface area contributed by atoms with Gasteiger partial charge in [0, 0.05) is 29.6 Å². The summed E-state index contributed by atoms with van der Waals surface area (Å²) in [5, 5.41) is 9.12. The number of benzene rings is 1.